The van der Waals surface area contributed by atoms with Gasteiger partial charge in [0, 0.05) is 25.8 Å². The number of carbonyl (C=O) groups excluding carboxylic acids is 3. The average molecular weight is 528 g/mol. The van der Waals surface area contributed by atoms with Gasteiger partial charge in [0.2, 0.25) is 11.8 Å². The van der Waals surface area contributed by atoms with Crippen molar-refractivity contribution in [3.63, 3.8) is 0 Å². The number of hydrogen-bond donors (Lipinski definition) is 3. The molecule has 1 atom stereocenters. The van der Waals surface area contributed by atoms with E-state index in [0.29, 0.717) is 18.7 Å². The molecule has 0 spiro atoms. The SMILES string of the molecule is NCCCCCC(=O)NCC(C(=O)CCC(=O)N1Cc2ccccc2/C=C\c2ccccc21)S(=O)(=O)O. The van der Waals surface area contributed by atoms with Crippen molar-refractivity contribution in [1.82, 2.24) is 5.32 Å². The quantitative estimate of drug-likeness (QED) is 0.284. The molecule has 0 aromatic heterocycles. The third-order valence-corrected chi connectivity index (χ3v) is 7.40. The summed E-state index contributed by atoms with van der Waals surface area (Å²) in [5.41, 5.74) is 8.83. The molecule has 2 amide bonds. The van der Waals surface area contributed by atoms with Gasteiger partial charge < -0.3 is 16.0 Å². The van der Waals surface area contributed by atoms with Crippen LogP contribution >= 0.6 is 0 Å². The Bertz CT molecular complexity index is 1260. The van der Waals surface area contributed by atoms with E-state index in [1.54, 1.807) is 4.90 Å². The number of fused-ring (bicyclic) bond motifs is 2. The molecular weight excluding hydrogens is 494 g/mol. The fourth-order valence-corrected chi connectivity index (χ4v) is 4.93. The molecule has 4 N–H and O–H groups in total. The summed E-state index contributed by atoms with van der Waals surface area (Å²) in [7, 11) is -4.78. The number of rotatable bonds is 12. The molecule has 1 unspecified atom stereocenters. The number of amides is 2. The highest BCUT2D eigenvalue weighted by Gasteiger charge is 2.32. The molecule has 0 saturated carbocycles. The van der Waals surface area contributed by atoms with Crippen molar-refractivity contribution in [2.45, 2.75) is 50.3 Å². The normalized spacial score (nSPS) is 14.5. The van der Waals surface area contributed by atoms with Crippen LogP contribution in [0, 0.1) is 0 Å². The maximum Gasteiger partial charge on any atom is 0.276 e. The lowest BCUT2D eigenvalue weighted by Crippen LogP contribution is -2.42. The van der Waals surface area contributed by atoms with Gasteiger partial charge in [-0.1, -0.05) is 61.0 Å². The Morgan fingerprint density at radius 3 is 2.32 bits per heavy atom. The predicted molar refractivity (Wildman–Crippen MR) is 143 cm³/mol. The van der Waals surface area contributed by atoms with Crippen LogP contribution < -0.4 is 16.0 Å². The number of benzene rings is 2. The molecule has 2 aromatic rings. The molecule has 9 nitrogen and oxygen atoms in total. The Morgan fingerprint density at radius 2 is 1.59 bits per heavy atom. The van der Waals surface area contributed by atoms with Gasteiger partial charge in [-0.2, -0.15) is 8.42 Å². The molecule has 2 aromatic carbocycles. The van der Waals surface area contributed by atoms with Crippen LogP contribution in [0.1, 0.15) is 55.2 Å². The molecular formula is C27H33N3O6S. The van der Waals surface area contributed by atoms with E-state index in [1.165, 1.54) is 0 Å². The molecule has 0 fully saturated rings. The van der Waals surface area contributed by atoms with Crippen molar-refractivity contribution in [1.29, 1.82) is 0 Å². The van der Waals surface area contributed by atoms with Gasteiger partial charge in [0.1, 0.15) is 0 Å². The summed E-state index contributed by atoms with van der Waals surface area (Å²) in [4.78, 5) is 39.7. The van der Waals surface area contributed by atoms with E-state index in [0.717, 1.165) is 29.5 Å². The minimum Gasteiger partial charge on any atom is -0.354 e. The van der Waals surface area contributed by atoms with Crippen LogP contribution in [0.2, 0.25) is 0 Å². The van der Waals surface area contributed by atoms with Crippen molar-refractivity contribution >= 4 is 45.6 Å². The number of unbranched alkanes of at least 4 members (excludes halogenated alkanes) is 2. The smallest absolute Gasteiger partial charge is 0.276 e. The molecule has 0 bridgehead atoms. The third kappa shape index (κ3) is 8.08. The van der Waals surface area contributed by atoms with Crippen molar-refractivity contribution in [3.05, 3.63) is 65.2 Å². The van der Waals surface area contributed by atoms with Gasteiger partial charge in [0.05, 0.1) is 12.2 Å². The molecule has 1 heterocycles. The summed E-state index contributed by atoms with van der Waals surface area (Å²) in [6.45, 7) is 0.255. The van der Waals surface area contributed by atoms with Crippen LogP contribution in [0.25, 0.3) is 12.2 Å². The summed E-state index contributed by atoms with van der Waals surface area (Å²) in [6.07, 6.45) is 5.54. The minimum atomic E-state index is -4.78. The largest absolute Gasteiger partial charge is 0.354 e. The Morgan fingerprint density at radius 1 is 0.919 bits per heavy atom. The lowest BCUT2D eigenvalue weighted by Gasteiger charge is -2.27. The summed E-state index contributed by atoms with van der Waals surface area (Å²) in [5, 5.41) is 0.568. The standard InChI is InChI=1S/C27H33N3O6S/c28-17-7-1-2-12-26(32)29-18-25(37(34,35)36)24(31)15-16-27(33)30-19-22-10-4-3-8-20(22)13-14-21-9-5-6-11-23(21)30/h3-6,8-11,13-14,25H,1-2,7,12,15-19,28H2,(H,29,32)(H,34,35,36)/b14-13-. The highest BCUT2D eigenvalue weighted by Crippen LogP contribution is 2.29. The van der Waals surface area contributed by atoms with Crippen molar-refractivity contribution in [2.75, 3.05) is 18.0 Å². The number of carbonyl (C=O) groups is 3. The third-order valence-electron chi connectivity index (χ3n) is 6.25. The van der Waals surface area contributed by atoms with E-state index >= 15 is 0 Å². The lowest BCUT2D eigenvalue weighted by atomic mass is 10.0. The van der Waals surface area contributed by atoms with Gasteiger partial charge in [-0.3, -0.25) is 18.9 Å². The molecule has 10 heteroatoms. The summed E-state index contributed by atoms with van der Waals surface area (Å²) in [6, 6.07) is 15.1. The summed E-state index contributed by atoms with van der Waals surface area (Å²) in [5.74, 6) is -1.61. The fourth-order valence-electron chi connectivity index (χ4n) is 4.19. The number of nitrogens with two attached hydrogens (primary N) is 1. The number of anilines is 1. The van der Waals surface area contributed by atoms with Crippen LogP contribution in [-0.4, -0.2) is 48.9 Å². The first-order valence-electron chi connectivity index (χ1n) is 12.3. The topological polar surface area (TPSA) is 147 Å². The first-order chi connectivity index (χ1) is 17.7. The summed E-state index contributed by atoms with van der Waals surface area (Å²) >= 11 is 0. The molecule has 0 saturated heterocycles. The van der Waals surface area contributed by atoms with E-state index in [2.05, 4.69) is 5.32 Å². The molecule has 1 aliphatic heterocycles. The number of ketones is 1. The fraction of sp³-hybridized carbons (Fsp3) is 0.370. The van der Waals surface area contributed by atoms with Gasteiger partial charge in [0.15, 0.2) is 11.0 Å². The molecule has 37 heavy (non-hydrogen) atoms. The molecule has 198 valence electrons. The monoisotopic (exact) mass is 527 g/mol. The maximum atomic E-state index is 13.3. The van der Waals surface area contributed by atoms with Crippen LogP contribution in [-0.2, 0) is 31.0 Å². The molecule has 0 aliphatic carbocycles. The average Bonchev–Trinajstić information content (AvgIpc) is 2.86. The number of para-hydroxylation sites is 1. The zero-order chi connectivity index (χ0) is 26.8. The van der Waals surface area contributed by atoms with Crippen LogP contribution in [0.3, 0.4) is 0 Å². The first-order valence-corrected chi connectivity index (χ1v) is 13.8. The van der Waals surface area contributed by atoms with Gasteiger partial charge in [-0.15, -0.1) is 0 Å². The van der Waals surface area contributed by atoms with Crippen molar-refractivity contribution in [3.8, 4) is 0 Å². The van der Waals surface area contributed by atoms with E-state index in [-0.39, 0.29) is 25.3 Å². The zero-order valence-corrected chi connectivity index (χ0v) is 21.5. The Balaban J connectivity index is 1.68. The predicted octanol–water partition coefficient (Wildman–Crippen LogP) is 2.94. The van der Waals surface area contributed by atoms with Crippen molar-refractivity contribution < 1.29 is 27.4 Å². The molecule has 3 rings (SSSR count). The van der Waals surface area contributed by atoms with E-state index in [4.69, 9.17) is 5.73 Å². The van der Waals surface area contributed by atoms with Crippen LogP contribution in [0.5, 0.6) is 0 Å². The van der Waals surface area contributed by atoms with Gasteiger partial charge in [0.25, 0.3) is 10.1 Å². The van der Waals surface area contributed by atoms with Gasteiger partial charge in [-0.05, 0) is 42.1 Å². The highest BCUT2D eigenvalue weighted by molar-refractivity contribution is 7.87. The molecule has 0 radical (unpaired) electrons. The van der Waals surface area contributed by atoms with Crippen LogP contribution in [0.4, 0.5) is 5.69 Å². The Hall–Kier alpha value is -3.34. The number of nitrogens with one attached hydrogen (secondary N) is 1. The first kappa shape index (κ1) is 28.2. The summed E-state index contributed by atoms with van der Waals surface area (Å²) < 4.78 is 33.4. The zero-order valence-electron chi connectivity index (χ0n) is 20.6. The van der Waals surface area contributed by atoms with Gasteiger partial charge in [-0.25, -0.2) is 0 Å². The molecule has 1 aliphatic rings. The second-order valence-electron chi connectivity index (χ2n) is 8.94. The number of nitrogens with zero attached hydrogens (tertiary/aromatic N) is 1. The van der Waals surface area contributed by atoms with Gasteiger partial charge >= 0.3 is 0 Å². The second kappa shape index (κ2) is 13.3. The second-order valence-corrected chi connectivity index (χ2v) is 10.5. The maximum absolute atomic E-state index is 13.3. The van der Waals surface area contributed by atoms with Crippen molar-refractivity contribution in [2.24, 2.45) is 5.73 Å². The van der Waals surface area contributed by atoms with E-state index < -0.39 is 40.0 Å². The van der Waals surface area contributed by atoms with E-state index in [9.17, 15) is 27.4 Å². The number of Topliss-reactive ketones (excluding diaryl/α,β-unsaturated/α-hetero) is 1. The minimum absolute atomic E-state index is 0.162. The Kier molecular flexibility index (Phi) is 10.1. The van der Waals surface area contributed by atoms with E-state index in [1.807, 2.05) is 60.7 Å². The van der Waals surface area contributed by atoms with Crippen LogP contribution in [0.15, 0.2) is 48.5 Å². The Labute approximate surface area is 217 Å². The lowest BCUT2D eigenvalue weighted by molar-refractivity contribution is -0.124. The highest BCUT2D eigenvalue weighted by atomic mass is 32.2. The number of hydrogen-bond acceptors (Lipinski definition) is 6.